The number of halogens is 1. The summed E-state index contributed by atoms with van der Waals surface area (Å²) in [4.78, 5) is 11.9. The van der Waals surface area contributed by atoms with Crippen molar-refractivity contribution in [1.29, 1.82) is 0 Å². The normalized spacial score (nSPS) is 12.3. The van der Waals surface area contributed by atoms with Crippen molar-refractivity contribution in [3.05, 3.63) is 32.9 Å². The highest BCUT2D eigenvalue weighted by molar-refractivity contribution is 14.1. The fourth-order valence-corrected chi connectivity index (χ4v) is 2.23. The molecule has 1 aromatic carbocycles. The Morgan fingerprint density at radius 1 is 1.60 bits per heavy atom. The molecule has 0 bridgehead atoms. The van der Waals surface area contributed by atoms with Crippen LogP contribution < -0.4 is 5.32 Å². The van der Waals surface area contributed by atoms with Gasteiger partial charge in [0.1, 0.15) is 0 Å². The smallest absolute Gasteiger partial charge is 0.252 e. The Kier molecular flexibility index (Phi) is 4.92. The quantitative estimate of drug-likeness (QED) is 0.645. The van der Waals surface area contributed by atoms with E-state index in [0.29, 0.717) is 5.75 Å². The van der Waals surface area contributed by atoms with Gasteiger partial charge in [0.25, 0.3) is 5.91 Å². The third-order valence-electron chi connectivity index (χ3n) is 2.10. The van der Waals surface area contributed by atoms with Crippen LogP contribution in [0.1, 0.15) is 22.8 Å². The highest BCUT2D eigenvalue weighted by Crippen LogP contribution is 2.16. The van der Waals surface area contributed by atoms with Crippen LogP contribution in [0.15, 0.2) is 18.2 Å². The standard InChI is InChI=1S/C11H14INOS/c1-7-4-3-5-9(12)10(7)11(14)13-8(2)6-15/h3-5,8,15H,6H2,1-2H3,(H,13,14)/t8-/m0/s1. The van der Waals surface area contributed by atoms with Crippen LogP contribution in [0.25, 0.3) is 0 Å². The van der Waals surface area contributed by atoms with Gasteiger partial charge in [-0.05, 0) is 48.1 Å². The van der Waals surface area contributed by atoms with Crippen LogP contribution in [-0.2, 0) is 0 Å². The van der Waals surface area contributed by atoms with Crippen molar-refractivity contribution in [2.45, 2.75) is 19.9 Å². The first-order chi connectivity index (χ1) is 7.06. The summed E-state index contributed by atoms with van der Waals surface area (Å²) in [5, 5.41) is 2.91. The number of carbonyl (C=O) groups excluding carboxylic acids is 1. The van der Waals surface area contributed by atoms with Crippen molar-refractivity contribution < 1.29 is 4.79 Å². The van der Waals surface area contributed by atoms with Crippen LogP contribution in [0.4, 0.5) is 0 Å². The predicted molar refractivity (Wildman–Crippen MR) is 74.7 cm³/mol. The van der Waals surface area contributed by atoms with Gasteiger partial charge in [-0.1, -0.05) is 12.1 Å². The molecule has 1 atom stereocenters. The minimum Gasteiger partial charge on any atom is -0.349 e. The lowest BCUT2D eigenvalue weighted by Crippen LogP contribution is -2.34. The number of carbonyl (C=O) groups is 1. The van der Waals surface area contributed by atoms with E-state index in [4.69, 9.17) is 0 Å². The molecular weight excluding hydrogens is 321 g/mol. The monoisotopic (exact) mass is 335 g/mol. The molecule has 0 saturated carbocycles. The van der Waals surface area contributed by atoms with Crippen molar-refractivity contribution in [1.82, 2.24) is 5.32 Å². The van der Waals surface area contributed by atoms with Gasteiger partial charge in [0.05, 0.1) is 5.56 Å². The summed E-state index contributed by atoms with van der Waals surface area (Å²) < 4.78 is 0.983. The van der Waals surface area contributed by atoms with Crippen LogP contribution in [0, 0.1) is 10.5 Å². The third kappa shape index (κ3) is 3.38. The maximum Gasteiger partial charge on any atom is 0.252 e. The van der Waals surface area contributed by atoms with Crippen molar-refractivity contribution >= 4 is 41.1 Å². The molecule has 0 saturated heterocycles. The van der Waals surface area contributed by atoms with Gasteiger partial charge in [0, 0.05) is 15.4 Å². The molecule has 1 rings (SSSR count). The molecule has 0 radical (unpaired) electrons. The summed E-state index contributed by atoms with van der Waals surface area (Å²) in [6, 6.07) is 5.93. The molecule has 0 heterocycles. The first kappa shape index (κ1) is 12.8. The Morgan fingerprint density at radius 2 is 2.27 bits per heavy atom. The van der Waals surface area contributed by atoms with Crippen LogP contribution in [0.2, 0.25) is 0 Å². The molecule has 0 aliphatic rings. The average Bonchev–Trinajstić information content (AvgIpc) is 2.17. The summed E-state index contributed by atoms with van der Waals surface area (Å²) >= 11 is 6.32. The first-order valence-corrected chi connectivity index (χ1v) is 6.44. The summed E-state index contributed by atoms with van der Waals surface area (Å²) in [5.41, 5.74) is 1.78. The fraction of sp³-hybridized carbons (Fsp3) is 0.364. The lowest BCUT2D eigenvalue weighted by atomic mass is 10.1. The lowest BCUT2D eigenvalue weighted by molar-refractivity contribution is 0.0942. The summed E-state index contributed by atoms with van der Waals surface area (Å²) in [6.45, 7) is 3.89. The average molecular weight is 335 g/mol. The molecule has 0 aliphatic heterocycles. The van der Waals surface area contributed by atoms with Crippen LogP contribution in [0.3, 0.4) is 0 Å². The number of thiol groups is 1. The maximum absolute atomic E-state index is 11.9. The maximum atomic E-state index is 11.9. The topological polar surface area (TPSA) is 29.1 Å². The third-order valence-corrected chi connectivity index (χ3v) is 3.55. The largest absolute Gasteiger partial charge is 0.349 e. The van der Waals surface area contributed by atoms with E-state index in [1.165, 1.54) is 0 Å². The molecule has 0 unspecified atom stereocenters. The van der Waals surface area contributed by atoms with Gasteiger partial charge in [0.2, 0.25) is 0 Å². The number of hydrogen-bond donors (Lipinski definition) is 2. The summed E-state index contributed by atoms with van der Waals surface area (Å²) in [6.07, 6.45) is 0. The van der Waals surface area contributed by atoms with Gasteiger partial charge in [-0.15, -0.1) is 0 Å². The van der Waals surface area contributed by atoms with E-state index in [1.54, 1.807) is 0 Å². The van der Waals surface area contributed by atoms with E-state index in [2.05, 4.69) is 40.5 Å². The molecule has 15 heavy (non-hydrogen) atoms. The Hall–Kier alpha value is -0.230. The summed E-state index contributed by atoms with van der Waals surface area (Å²) in [7, 11) is 0. The van der Waals surface area contributed by atoms with E-state index in [1.807, 2.05) is 32.0 Å². The number of benzene rings is 1. The molecule has 1 N–H and O–H groups in total. The Balaban J connectivity index is 2.91. The van der Waals surface area contributed by atoms with E-state index in [9.17, 15) is 4.79 Å². The van der Waals surface area contributed by atoms with Gasteiger partial charge in [-0.2, -0.15) is 12.6 Å². The molecule has 1 aromatic rings. The second-order valence-electron chi connectivity index (χ2n) is 3.49. The molecule has 0 aliphatic carbocycles. The molecule has 4 heteroatoms. The second-order valence-corrected chi connectivity index (χ2v) is 5.02. The Morgan fingerprint density at radius 3 is 2.80 bits per heavy atom. The molecule has 0 spiro atoms. The van der Waals surface area contributed by atoms with E-state index < -0.39 is 0 Å². The van der Waals surface area contributed by atoms with E-state index in [-0.39, 0.29) is 11.9 Å². The van der Waals surface area contributed by atoms with E-state index >= 15 is 0 Å². The van der Waals surface area contributed by atoms with Gasteiger partial charge < -0.3 is 5.32 Å². The SMILES string of the molecule is Cc1cccc(I)c1C(=O)N[C@@H](C)CS. The zero-order chi connectivity index (χ0) is 11.4. The molecular formula is C11H14INOS. The number of amides is 1. The first-order valence-electron chi connectivity index (χ1n) is 4.73. The Labute approximate surface area is 109 Å². The highest BCUT2D eigenvalue weighted by atomic mass is 127. The minimum atomic E-state index is -0.0148. The highest BCUT2D eigenvalue weighted by Gasteiger charge is 2.13. The predicted octanol–water partition coefficient (Wildman–Crippen LogP) is 2.65. The Bertz CT molecular complexity index is 347. The molecule has 1 amide bonds. The van der Waals surface area contributed by atoms with Gasteiger partial charge in [0.15, 0.2) is 0 Å². The minimum absolute atomic E-state index is 0.0148. The van der Waals surface area contributed by atoms with E-state index in [0.717, 1.165) is 14.7 Å². The van der Waals surface area contributed by atoms with Crippen LogP contribution in [0.5, 0.6) is 0 Å². The van der Waals surface area contributed by atoms with Gasteiger partial charge in [-0.25, -0.2) is 0 Å². The van der Waals surface area contributed by atoms with Crippen molar-refractivity contribution in [2.75, 3.05) is 5.75 Å². The molecule has 82 valence electrons. The fourth-order valence-electron chi connectivity index (χ4n) is 1.26. The zero-order valence-electron chi connectivity index (χ0n) is 8.75. The lowest BCUT2D eigenvalue weighted by Gasteiger charge is -2.13. The molecule has 0 fully saturated rings. The summed E-state index contributed by atoms with van der Waals surface area (Å²) in [5.74, 6) is 0.632. The number of rotatable bonds is 3. The van der Waals surface area contributed by atoms with Gasteiger partial charge in [-0.3, -0.25) is 4.79 Å². The number of aryl methyl sites for hydroxylation is 1. The number of nitrogens with one attached hydrogen (secondary N) is 1. The molecule has 2 nitrogen and oxygen atoms in total. The number of hydrogen-bond acceptors (Lipinski definition) is 2. The van der Waals surface area contributed by atoms with Crippen molar-refractivity contribution in [2.24, 2.45) is 0 Å². The van der Waals surface area contributed by atoms with Crippen molar-refractivity contribution in [3.63, 3.8) is 0 Å². The zero-order valence-corrected chi connectivity index (χ0v) is 11.8. The molecule has 0 aromatic heterocycles. The van der Waals surface area contributed by atoms with Crippen LogP contribution in [-0.4, -0.2) is 17.7 Å². The van der Waals surface area contributed by atoms with Crippen LogP contribution >= 0.6 is 35.2 Å². The second kappa shape index (κ2) is 5.75. The van der Waals surface area contributed by atoms with Gasteiger partial charge >= 0.3 is 0 Å². The van der Waals surface area contributed by atoms with Crippen molar-refractivity contribution in [3.8, 4) is 0 Å².